The van der Waals surface area contributed by atoms with Crippen LogP contribution in [0.5, 0.6) is 5.75 Å². The molecule has 0 saturated heterocycles. The second-order valence-corrected chi connectivity index (χ2v) is 4.96. The van der Waals surface area contributed by atoms with Gasteiger partial charge in [-0.2, -0.15) is 0 Å². The fourth-order valence-electron chi connectivity index (χ4n) is 2.53. The third-order valence-corrected chi connectivity index (χ3v) is 3.40. The second-order valence-electron chi connectivity index (χ2n) is 4.96. The Kier molecular flexibility index (Phi) is 3.01. The lowest BCUT2D eigenvalue weighted by molar-refractivity contribution is 0.220. The minimum atomic E-state index is 0.536. The summed E-state index contributed by atoms with van der Waals surface area (Å²) in [6, 6.07) is 14.5. The van der Waals surface area contributed by atoms with Crippen LogP contribution in [0.3, 0.4) is 0 Å². The highest BCUT2D eigenvalue weighted by Gasteiger charge is 2.20. The Morgan fingerprint density at radius 2 is 2.06 bits per heavy atom. The zero-order valence-electron chi connectivity index (χ0n) is 10.6. The topological polar surface area (TPSA) is 22.1 Å². The standard InChI is InChI=1S/C16H17NO/c1-12-5-4-7-15(17-12)10-13-9-14-6-2-3-8-16(14)18-11-13/h2-8,13H,9-11H2,1H3/t13-/m0/s1. The number of rotatable bonds is 2. The van der Waals surface area contributed by atoms with E-state index in [2.05, 4.69) is 35.3 Å². The van der Waals surface area contributed by atoms with E-state index in [1.54, 1.807) is 0 Å². The average Bonchev–Trinajstić information content (AvgIpc) is 2.39. The number of para-hydroxylation sites is 1. The summed E-state index contributed by atoms with van der Waals surface area (Å²) in [4.78, 5) is 4.57. The number of aryl methyl sites for hydroxylation is 1. The molecule has 1 aliphatic rings. The van der Waals surface area contributed by atoms with Crippen LogP contribution in [0.25, 0.3) is 0 Å². The van der Waals surface area contributed by atoms with Crippen molar-refractivity contribution in [1.82, 2.24) is 4.98 Å². The summed E-state index contributed by atoms with van der Waals surface area (Å²) in [6.45, 7) is 2.84. The van der Waals surface area contributed by atoms with E-state index in [4.69, 9.17) is 4.74 Å². The van der Waals surface area contributed by atoms with Crippen LogP contribution in [0.15, 0.2) is 42.5 Å². The molecule has 18 heavy (non-hydrogen) atoms. The van der Waals surface area contributed by atoms with E-state index in [0.29, 0.717) is 5.92 Å². The highest BCUT2D eigenvalue weighted by Crippen LogP contribution is 2.28. The van der Waals surface area contributed by atoms with Crippen molar-refractivity contribution in [1.29, 1.82) is 0 Å². The smallest absolute Gasteiger partial charge is 0.122 e. The van der Waals surface area contributed by atoms with E-state index in [1.165, 1.54) is 11.3 Å². The molecular weight excluding hydrogens is 222 g/mol. The number of fused-ring (bicyclic) bond motifs is 1. The van der Waals surface area contributed by atoms with Gasteiger partial charge in [-0.3, -0.25) is 4.98 Å². The lowest BCUT2D eigenvalue weighted by Gasteiger charge is -2.25. The molecule has 2 aromatic rings. The number of ether oxygens (including phenoxy) is 1. The third kappa shape index (κ3) is 2.37. The maximum absolute atomic E-state index is 5.81. The van der Waals surface area contributed by atoms with E-state index in [1.807, 2.05) is 19.1 Å². The van der Waals surface area contributed by atoms with Crippen molar-refractivity contribution >= 4 is 0 Å². The Bertz CT molecular complexity index is 550. The van der Waals surface area contributed by atoms with Crippen molar-refractivity contribution in [2.75, 3.05) is 6.61 Å². The van der Waals surface area contributed by atoms with Gasteiger partial charge >= 0.3 is 0 Å². The largest absolute Gasteiger partial charge is 0.493 e. The van der Waals surface area contributed by atoms with Gasteiger partial charge in [-0.25, -0.2) is 0 Å². The maximum Gasteiger partial charge on any atom is 0.122 e. The Morgan fingerprint density at radius 1 is 1.17 bits per heavy atom. The Hall–Kier alpha value is -1.83. The summed E-state index contributed by atoms with van der Waals surface area (Å²) < 4.78 is 5.81. The minimum Gasteiger partial charge on any atom is -0.493 e. The first-order valence-corrected chi connectivity index (χ1v) is 6.44. The van der Waals surface area contributed by atoms with Crippen LogP contribution in [-0.4, -0.2) is 11.6 Å². The lowest BCUT2D eigenvalue weighted by atomic mass is 9.92. The second kappa shape index (κ2) is 4.81. The SMILES string of the molecule is Cc1cccc(C[C@H]2COc3ccccc3C2)n1. The summed E-state index contributed by atoms with van der Waals surface area (Å²) in [5.41, 5.74) is 3.58. The summed E-state index contributed by atoms with van der Waals surface area (Å²) in [6.07, 6.45) is 2.09. The minimum absolute atomic E-state index is 0.536. The van der Waals surface area contributed by atoms with Crippen LogP contribution >= 0.6 is 0 Å². The molecule has 2 heteroatoms. The quantitative estimate of drug-likeness (QED) is 0.803. The molecule has 0 aliphatic carbocycles. The molecule has 0 spiro atoms. The highest BCUT2D eigenvalue weighted by atomic mass is 16.5. The summed E-state index contributed by atoms with van der Waals surface area (Å²) in [5, 5.41) is 0. The van der Waals surface area contributed by atoms with Crippen LogP contribution in [0.2, 0.25) is 0 Å². The van der Waals surface area contributed by atoms with E-state index in [9.17, 15) is 0 Å². The molecule has 0 saturated carbocycles. The first-order valence-electron chi connectivity index (χ1n) is 6.44. The highest BCUT2D eigenvalue weighted by molar-refractivity contribution is 5.35. The molecule has 3 rings (SSSR count). The molecule has 2 heterocycles. The van der Waals surface area contributed by atoms with Crippen molar-refractivity contribution in [2.24, 2.45) is 5.92 Å². The monoisotopic (exact) mass is 239 g/mol. The van der Waals surface area contributed by atoms with Gasteiger partial charge in [0.1, 0.15) is 5.75 Å². The van der Waals surface area contributed by atoms with Crippen molar-refractivity contribution < 1.29 is 4.74 Å². The molecular formula is C16H17NO. The average molecular weight is 239 g/mol. The van der Waals surface area contributed by atoms with Crippen LogP contribution in [0, 0.1) is 12.8 Å². The zero-order valence-corrected chi connectivity index (χ0v) is 10.6. The molecule has 2 nitrogen and oxygen atoms in total. The van der Waals surface area contributed by atoms with Gasteiger partial charge in [-0.05, 0) is 43.5 Å². The van der Waals surface area contributed by atoms with Crippen LogP contribution in [0.4, 0.5) is 0 Å². The van der Waals surface area contributed by atoms with Gasteiger partial charge in [0.05, 0.1) is 6.61 Å². The fraction of sp³-hybridized carbons (Fsp3) is 0.312. The van der Waals surface area contributed by atoms with Gasteiger partial charge in [-0.1, -0.05) is 24.3 Å². The number of pyridine rings is 1. The number of hydrogen-bond donors (Lipinski definition) is 0. The van der Waals surface area contributed by atoms with E-state index < -0.39 is 0 Å². The van der Waals surface area contributed by atoms with Gasteiger partial charge in [0.15, 0.2) is 0 Å². The first-order chi connectivity index (χ1) is 8.81. The summed E-state index contributed by atoms with van der Waals surface area (Å²) in [5.74, 6) is 1.58. The number of aromatic nitrogens is 1. The Labute approximate surface area is 108 Å². The molecule has 92 valence electrons. The normalized spacial score (nSPS) is 17.9. The summed E-state index contributed by atoms with van der Waals surface area (Å²) >= 11 is 0. The van der Waals surface area contributed by atoms with Crippen LogP contribution in [0.1, 0.15) is 17.0 Å². The Balaban J connectivity index is 1.73. The van der Waals surface area contributed by atoms with Gasteiger partial charge < -0.3 is 4.74 Å². The zero-order chi connectivity index (χ0) is 12.4. The predicted molar refractivity (Wildman–Crippen MR) is 71.8 cm³/mol. The summed E-state index contributed by atoms with van der Waals surface area (Å²) in [7, 11) is 0. The molecule has 0 radical (unpaired) electrons. The van der Waals surface area contributed by atoms with Crippen LogP contribution in [-0.2, 0) is 12.8 Å². The molecule has 1 aromatic carbocycles. The number of nitrogens with zero attached hydrogens (tertiary/aromatic N) is 1. The fourth-order valence-corrected chi connectivity index (χ4v) is 2.53. The predicted octanol–water partition coefficient (Wildman–Crippen LogP) is 3.18. The molecule has 0 unspecified atom stereocenters. The molecule has 0 bridgehead atoms. The number of benzene rings is 1. The molecule has 1 aromatic heterocycles. The van der Waals surface area contributed by atoms with Crippen molar-refractivity contribution in [3.63, 3.8) is 0 Å². The molecule has 0 fully saturated rings. The van der Waals surface area contributed by atoms with Crippen molar-refractivity contribution in [3.8, 4) is 5.75 Å². The Morgan fingerprint density at radius 3 is 2.94 bits per heavy atom. The van der Waals surface area contributed by atoms with Gasteiger partial charge in [-0.15, -0.1) is 0 Å². The maximum atomic E-state index is 5.81. The molecule has 1 atom stereocenters. The van der Waals surface area contributed by atoms with Crippen LogP contribution < -0.4 is 4.74 Å². The molecule has 0 amide bonds. The third-order valence-electron chi connectivity index (χ3n) is 3.40. The van der Waals surface area contributed by atoms with E-state index in [-0.39, 0.29) is 0 Å². The van der Waals surface area contributed by atoms with Gasteiger partial charge in [0.25, 0.3) is 0 Å². The van der Waals surface area contributed by atoms with Gasteiger partial charge in [0, 0.05) is 17.3 Å². The lowest BCUT2D eigenvalue weighted by Crippen LogP contribution is -2.23. The van der Waals surface area contributed by atoms with Crippen molar-refractivity contribution in [2.45, 2.75) is 19.8 Å². The number of hydrogen-bond acceptors (Lipinski definition) is 2. The molecule has 0 N–H and O–H groups in total. The first kappa shape index (κ1) is 11.3. The van der Waals surface area contributed by atoms with Crippen molar-refractivity contribution in [3.05, 3.63) is 59.4 Å². The van der Waals surface area contributed by atoms with E-state index in [0.717, 1.165) is 30.9 Å². The molecule has 1 aliphatic heterocycles. The van der Waals surface area contributed by atoms with E-state index >= 15 is 0 Å². The van der Waals surface area contributed by atoms with Gasteiger partial charge in [0.2, 0.25) is 0 Å².